The summed E-state index contributed by atoms with van der Waals surface area (Å²) in [6.45, 7) is 0. The quantitative estimate of drug-likeness (QED) is 0.700. The molecule has 3 aromatic rings. The van der Waals surface area contributed by atoms with Gasteiger partial charge in [0.05, 0.1) is 16.6 Å². The van der Waals surface area contributed by atoms with Crippen molar-refractivity contribution in [1.82, 2.24) is 4.98 Å². The number of benzene rings is 2. The Morgan fingerprint density at radius 2 is 1.80 bits per heavy atom. The Bertz CT molecular complexity index is 716. The molecule has 100 valence electrons. The summed E-state index contributed by atoms with van der Waals surface area (Å²) in [5, 5.41) is 0.897. The molecule has 0 saturated heterocycles. The lowest BCUT2D eigenvalue weighted by Crippen LogP contribution is -2.06. The van der Waals surface area contributed by atoms with Gasteiger partial charge >= 0.3 is 0 Å². The number of para-hydroxylation sites is 1. The highest BCUT2D eigenvalue weighted by Gasteiger charge is 2.09. The van der Waals surface area contributed by atoms with Crippen LogP contribution < -0.4 is 0 Å². The van der Waals surface area contributed by atoms with Gasteiger partial charge in [0.25, 0.3) is 0 Å². The van der Waals surface area contributed by atoms with Crippen molar-refractivity contribution in [3.05, 3.63) is 63.6 Å². The predicted octanol–water partition coefficient (Wildman–Crippen LogP) is 4.41. The van der Waals surface area contributed by atoms with Crippen molar-refractivity contribution in [3.8, 4) is 0 Å². The molecule has 2 nitrogen and oxygen atoms in total. The zero-order chi connectivity index (χ0) is 13.9. The van der Waals surface area contributed by atoms with Crippen LogP contribution in [0.1, 0.15) is 10.6 Å². The number of hydrogen-bond donors (Lipinski definition) is 0. The highest BCUT2D eigenvalue weighted by atomic mass is 79.9. The summed E-state index contributed by atoms with van der Waals surface area (Å²) in [4.78, 5) is 16.6. The molecule has 1 heterocycles. The molecule has 0 aliphatic carbocycles. The molecule has 0 N–H and O–H groups in total. The normalized spacial score (nSPS) is 10.8. The van der Waals surface area contributed by atoms with Crippen molar-refractivity contribution in [2.75, 3.05) is 0 Å². The molecule has 0 bridgehead atoms. The number of rotatable bonds is 4. The van der Waals surface area contributed by atoms with E-state index < -0.39 is 0 Å². The van der Waals surface area contributed by atoms with Crippen molar-refractivity contribution in [1.29, 1.82) is 0 Å². The minimum absolute atomic E-state index is 0.200. The summed E-state index contributed by atoms with van der Waals surface area (Å²) in [5.41, 5.74) is 2.02. The van der Waals surface area contributed by atoms with Gasteiger partial charge in [-0.25, -0.2) is 4.98 Å². The van der Waals surface area contributed by atoms with Crippen LogP contribution in [0.3, 0.4) is 0 Å². The summed E-state index contributed by atoms with van der Waals surface area (Å²) < 4.78 is 2.17. The lowest BCUT2D eigenvalue weighted by molar-refractivity contribution is -0.117. The monoisotopic (exact) mass is 345 g/mol. The van der Waals surface area contributed by atoms with Gasteiger partial charge in [0.2, 0.25) is 0 Å². The maximum atomic E-state index is 12.1. The van der Waals surface area contributed by atoms with Crippen molar-refractivity contribution in [2.24, 2.45) is 0 Å². The van der Waals surface area contributed by atoms with Crippen LogP contribution in [0, 0.1) is 0 Å². The van der Waals surface area contributed by atoms with Crippen molar-refractivity contribution < 1.29 is 4.79 Å². The molecule has 4 heteroatoms. The third kappa shape index (κ3) is 3.14. The molecule has 1 aromatic heterocycles. The minimum atomic E-state index is 0.200. The first-order valence-corrected chi connectivity index (χ1v) is 7.92. The maximum Gasteiger partial charge on any atom is 0.144 e. The summed E-state index contributed by atoms with van der Waals surface area (Å²) in [5.74, 6) is 0.200. The lowest BCUT2D eigenvalue weighted by atomic mass is 10.1. The van der Waals surface area contributed by atoms with Crippen LogP contribution in [0.4, 0.5) is 0 Å². The number of ketones is 1. The van der Waals surface area contributed by atoms with Gasteiger partial charge in [-0.05, 0) is 29.8 Å². The van der Waals surface area contributed by atoms with Gasteiger partial charge in [0.1, 0.15) is 10.8 Å². The fraction of sp³-hybridized carbons (Fsp3) is 0.125. The van der Waals surface area contributed by atoms with Crippen LogP contribution >= 0.6 is 27.3 Å². The second-order valence-corrected chi connectivity index (χ2v) is 6.62. The topological polar surface area (TPSA) is 30.0 Å². The largest absolute Gasteiger partial charge is 0.299 e. The van der Waals surface area contributed by atoms with Gasteiger partial charge in [0, 0.05) is 10.9 Å². The van der Waals surface area contributed by atoms with E-state index in [0.717, 1.165) is 25.3 Å². The van der Waals surface area contributed by atoms with E-state index in [-0.39, 0.29) is 5.78 Å². The van der Waals surface area contributed by atoms with Gasteiger partial charge in [0.15, 0.2) is 0 Å². The summed E-state index contributed by atoms with van der Waals surface area (Å²) in [6, 6.07) is 15.8. The third-order valence-corrected chi connectivity index (χ3v) is 4.57. The van der Waals surface area contributed by atoms with Crippen molar-refractivity contribution in [2.45, 2.75) is 12.8 Å². The maximum absolute atomic E-state index is 12.1. The summed E-state index contributed by atoms with van der Waals surface area (Å²) in [7, 11) is 0. The smallest absolute Gasteiger partial charge is 0.144 e. The standard InChI is InChI=1S/C16H12BrNOS/c17-12-7-5-11(6-8-12)9-13(19)10-16-18-14-3-1-2-4-15(14)20-16/h1-8H,9-10H2. The highest BCUT2D eigenvalue weighted by molar-refractivity contribution is 9.10. The molecule has 0 atom stereocenters. The Labute approximate surface area is 129 Å². The van der Waals surface area contributed by atoms with Crippen LogP contribution in [0.15, 0.2) is 53.0 Å². The number of halogens is 1. The fourth-order valence-corrected chi connectivity index (χ4v) is 3.32. The molecule has 0 saturated carbocycles. The first-order chi connectivity index (χ1) is 9.70. The van der Waals surface area contributed by atoms with E-state index >= 15 is 0 Å². The highest BCUT2D eigenvalue weighted by Crippen LogP contribution is 2.22. The van der Waals surface area contributed by atoms with Crippen molar-refractivity contribution >= 4 is 43.3 Å². The van der Waals surface area contributed by atoms with E-state index in [2.05, 4.69) is 20.9 Å². The average molecular weight is 346 g/mol. The summed E-state index contributed by atoms with van der Waals surface area (Å²) >= 11 is 4.99. The zero-order valence-corrected chi connectivity index (χ0v) is 13.1. The average Bonchev–Trinajstić information content (AvgIpc) is 2.83. The molecule has 0 fully saturated rings. The van der Waals surface area contributed by atoms with Crippen LogP contribution in [-0.2, 0) is 17.6 Å². The van der Waals surface area contributed by atoms with E-state index in [0.29, 0.717) is 12.8 Å². The van der Waals surface area contributed by atoms with Gasteiger partial charge in [-0.1, -0.05) is 40.2 Å². The first-order valence-electron chi connectivity index (χ1n) is 6.31. The molecular weight excluding hydrogens is 334 g/mol. The number of aromatic nitrogens is 1. The predicted molar refractivity (Wildman–Crippen MR) is 86.2 cm³/mol. The van der Waals surface area contributed by atoms with Crippen LogP contribution in [0.5, 0.6) is 0 Å². The van der Waals surface area contributed by atoms with Gasteiger partial charge in [-0.2, -0.15) is 0 Å². The second-order valence-electron chi connectivity index (χ2n) is 4.59. The number of carbonyl (C=O) groups is 1. The van der Waals surface area contributed by atoms with Crippen LogP contribution in [-0.4, -0.2) is 10.8 Å². The summed E-state index contributed by atoms with van der Waals surface area (Å²) in [6.07, 6.45) is 0.874. The zero-order valence-electron chi connectivity index (χ0n) is 10.7. The van der Waals surface area contributed by atoms with Crippen molar-refractivity contribution in [3.63, 3.8) is 0 Å². The van der Waals surface area contributed by atoms with Gasteiger partial charge < -0.3 is 0 Å². The minimum Gasteiger partial charge on any atom is -0.299 e. The van der Waals surface area contributed by atoms with E-state index in [9.17, 15) is 4.79 Å². The van der Waals surface area contributed by atoms with E-state index in [1.165, 1.54) is 0 Å². The second kappa shape index (κ2) is 5.85. The molecule has 2 aromatic carbocycles. The number of hydrogen-bond acceptors (Lipinski definition) is 3. The molecule has 0 spiro atoms. The van der Waals surface area contributed by atoms with E-state index in [1.54, 1.807) is 11.3 Å². The Morgan fingerprint density at radius 1 is 1.05 bits per heavy atom. The van der Waals surface area contributed by atoms with Crippen LogP contribution in [0.2, 0.25) is 0 Å². The van der Waals surface area contributed by atoms with E-state index in [1.807, 2.05) is 48.5 Å². The fourth-order valence-electron chi connectivity index (χ4n) is 2.06. The Balaban J connectivity index is 1.70. The SMILES string of the molecule is O=C(Cc1ccc(Br)cc1)Cc1nc2ccccc2s1. The van der Waals surface area contributed by atoms with E-state index in [4.69, 9.17) is 0 Å². The molecule has 0 aliphatic rings. The number of fused-ring (bicyclic) bond motifs is 1. The molecule has 0 amide bonds. The number of nitrogens with zero attached hydrogens (tertiary/aromatic N) is 1. The molecule has 0 unspecified atom stereocenters. The molecule has 0 radical (unpaired) electrons. The number of Topliss-reactive ketones (excluding diaryl/α,β-unsaturated/α-hetero) is 1. The third-order valence-electron chi connectivity index (χ3n) is 3.00. The van der Waals surface area contributed by atoms with Crippen LogP contribution in [0.25, 0.3) is 10.2 Å². The molecule has 20 heavy (non-hydrogen) atoms. The van der Waals surface area contributed by atoms with Gasteiger partial charge in [-0.15, -0.1) is 11.3 Å². The first kappa shape index (κ1) is 13.5. The Kier molecular flexibility index (Phi) is 3.94. The molecular formula is C16H12BrNOS. The Morgan fingerprint density at radius 3 is 2.55 bits per heavy atom. The lowest BCUT2D eigenvalue weighted by Gasteiger charge is -1.99. The number of carbonyl (C=O) groups excluding carboxylic acids is 1. The number of thiazole rings is 1. The Hall–Kier alpha value is -1.52. The van der Waals surface area contributed by atoms with Gasteiger partial charge in [-0.3, -0.25) is 4.79 Å². The molecule has 3 rings (SSSR count). The molecule has 0 aliphatic heterocycles.